The minimum absolute atomic E-state index is 0.423. The third-order valence-corrected chi connectivity index (χ3v) is 2.55. The Morgan fingerprint density at radius 1 is 1.47 bits per heavy atom. The number of anilines is 1. The van der Waals surface area contributed by atoms with E-state index in [1.165, 1.54) is 0 Å². The molecule has 0 aliphatic rings. The van der Waals surface area contributed by atoms with E-state index in [0.717, 1.165) is 17.2 Å². The molecule has 3 heteroatoms. The van der Waals surface area contributed by atoms with Crippen LogP contribution in [0.4, 0.5) is 5.82 Å². The van der Waals surface area contributed by atoms with Gasteiger partial charge in [0.15, 0.2) is 6.29 Å². The highest BCUT2D eigenvalue weighted by Gasteiger charge is 2.09. The van der Waals surface area contributed by atoms with Gasteiger partial charge in [0.05, 0.1) is 17.6 Å². The lowest BCUT2D eigenvalue weighted by molar-refractivity contribution is 0.112. The maximum absolute atomic E-state index is 11.1. The van der Waals surface area contributed by atoms with E-state index in [2.05, 4.69) is 10.9 Å². The van der Waals surface area contributed by atoms with Gasteiger partial charge in [-0.25, -0.2) is 4.98 Å². The Hall–Kier alpha value is -2.34. The van der Waals surface area contributed by atoms with Crippen molar-refractivity contribution >= 4 is 23.0 Å². The maximum atomic E-state index is 11.1. The number of para-hydroxylation sites is 1. The monoisotopic (exact) mass is 224 g/mol. The minimum Gasteiger partial charge on any atom is -0.348 e. The van der Waals surface area contributed by atoms with Gasteiger partial charge in [-0.15, -0.1) is 6.42 Å². The third-order valence-electron chi connectivity index (χ3n) is 2.55. The molecule has 0 saturated heterocycles. The van der Waals surface area contributed by atoms with Crippen LogP contribution < -0.4 is 4.90 Å². The first-order valence-electron chi connectivity index (χ1n) is 5.26. The molecule has 0 N–H and O–H groups in total. The number of aldehydes is 1. The second-order valence-corrected chi connectivity index (χ2v) is 3.77. The number of terminal acetylenes is 1. The molecule has 0 bridgehead atoms. The van der Waals surface area contributed by atoms with Crippen LogP contribution in [-0.4, -0.2) is 24.9 Å². The van der Waals surface area contributed by atoms with Gasteiger partial charge in [0.2, 0.25) is 0 Å². The van der Waals surface area contributed by atoms with Gasteiger partial charge in [0.25, 0.3) is 0 Å². The number of fused-ring (bicyclic) bond motifs is 1. The summed E-state index contributed by atoms with van der Waals surface area (Å²) in [5.74, 6) is 3.16. The highest BCUT2D eigenvalue weighted by atomic mass is 16.1. The molecule has 1 aromatic carbocycles. The van der Waals surface area contributed by atoms with Crippen molar-refractivity contribution in [1.29, 1.82) is 0 Å². The number of nitrogens with zero attached hydrogens (tertiary/aromatic N) is 2. The van der Waals surface area contributed by atoms with Crippen LogP contribution in [0.5, 0.6) is 0 Å². The third kappa shape index (κ3) is 2.11. The summed E-state index contributed by atoms with van der Waals surface area (Å²) in [4.78, 5) is 17.3. The van der Waals surface area contributed by atoms with Crippen LogP contribution in [0.1, 0.15) is 10.4 Å². The van der Waals surface area contributed by atoms with Crippen LogP contribution in [-0.2, 0) is 0 Å². The first-order chi connectivity index (χ1) is 8.26. The average molecular weight is 224 g/mol. The molecule has 0 saturated carbocycles. The van der Waals surface area contributed by atoms with Gasteiger partial charge in [-0.2, -0.15) is 0 Å². The number of rotatable bonds is 3. The quantitative estimate of drug-likeness (QED) is 0.591. The normalized spacial score (nSPS) is 9.88. The predicted molar refractivity (Wildman–Crippen MR) is 69.2 cm³/mol. The van der Waals surface area contributed by atoms with Crippen molar-refractivity contribution in [3.63, 3.8) is 0 Å². The molecule has 17 heavy (non-hydrogen) atoms. The highest BCUT2D eigenvalue weighted by molar-refractivity contribution is 5.91. The van der Waals surface area contributed by atoms with Gasteiger partial charge >= 0.3 is 0 Å². The Kier molecular flexibility index (Phi) is 3.06. The highest BCUT2D eigenvalue weighted by Crippen LogP contribution is 2.21. The van der Waals surface area contributed by atoms with E-state index in [4.69, 9.17) is 6.42 Å². The van der Waals surface area contributed by atoms with Crippen molar-refractivity contribution in [2.45, 2.75) is 0 Å². The number of aromatic nitrogens is 1. The van der Waals surface area contributed by atoms with E-state index in [0.29, 0.717) is 17.9 Å². The molecule has 0 amide bonds. The number of hydrogen-bond donors (Lipinski definition) is 0. The van der Waals surface area contributed by atoms with Crippen LogP contribution >= 0.6 is 0 Å². The van der Waals surface area contributed by atoms with Gasteiger partial charge in [-0.05, 0) is 12.1 Å². The van der Waals surface area contributed by atoms with Gasteiger partial charge in [0.1, 0.15) is 5.82 Å². The molecule has 0 aliphatic carbocycles. The molecule has 0 radical (unpaired) electrons. The predicted octanol–water partition coefficient (Wildman–Crippen LogP) is 2.12. The van der Waals surface area contributed by atoms with Crippen molar-refractivity contribution in [1.82, 2.24) is 4.98 Å². The van der Waals surface area contributed by atoms with E-state index >= 15 is 0 Å². The summed E-state index contributed by atoms with van der Waals surface area (Å²) in [6.45, 7) is 0.423. The lowest BCUT2D eigenvalue weighted by atomic mass is 10.1. The fourth-order valence-electron chi connectivity index (χ4n) is 1.73. The van der Waals surface area contributed by atoms with E-state index < -0.39 is 0 Å². The summed E-state index contributed by atoms with van der Waals surface area (Å²) in [6, 6.07) is 9.51. The number of hydrogen-bond acceptors (Lipinski definition) is 3. The Morgan fingerprint density at radius 3 is 2.94 bits per heavy atom. The smallest absolute Gasteiger partial charge is 0.153 e. The average Bonchev–Trinajstić information content (AvgIpc) is 2.37. The van der Waals surface area contributed by atoms with Gasteiger partial charge < -0.3 is 4.90 Å². The van der Waals surface area contributed by atoms with Crippen LogP contribution in [0.15, 0.2) is 30.3 Å². The molecular weight excluding hydrogens is 212 g/mol. The summed E-state index contributed by atoms with van der Waals surface area (Å²) in [5, 5.41) is 0.951. The molecule has 3 nitrogen and oxygen atoms in total. The van der Waals surface area contributed by atoms with E-state index in [-0.39, 0.29) is 0 Å². The molecule has 2 aromatic rings. The fourth-order valence-corrected chi connectivity index (χ4v) is 1.73. The van der Waals surface area contributed by atoms with Crippen LogP contribution in [0.2, 0.25) is 0 Å². The second kappa shape index (κ2) is 4.67. The van der Waals surface area contributed by atoms with Gasteiger partial charge in [-0.1, -0.05) is 24.1 Å². The summed E-state index contributed by atoms with van der Waals surface area (Å²) in [6.07, 6.45) is 6.07. The minimum atomic E-state index is 0.423. The molecule has 0 atom stereocenters. The molecule has 0 unspecified atom stereocenters. The Labute approximate surface area is 100 Å². The van der Waals surface area contributed by atoms with Crippen molar-refractivity contribution in [3.05, 3.63) is 35.9 Å². The SMILES string of the molecule is C#CCN(C)c1nc2ccccc2cc1C=O. The van der Waals surface area contributed by atoms with Gasteiger partial charge in [0, 0.05) is 12.4 Å². The van der Waals surface area contributed by atoms with E-state index in [1.807, 2.05) is 37.4 Å². The van der Waals surface area contributed by atoms with E-state index in [1.54, 1.807) is 4.90 Å². The molecule has 0 fully saturated rings. The lowest BCUT2D eigenvalue weighted by Crippen LogP contribution is -2.20. The van der Waals surface area contributed by atoms with Crippen molar-refractivity contribution < 1.29 is 4.79 Å². The first-order valence-corrected chi connectivity index (χ1v) is 5.26. The zero-order chi connectivity index (χ0) is 12.3. The summed E-state index contributed by atoms with van der Waals surface area (Å²) >= 11 is 0. The van der Waals surface area contributed by atoms with Crippen molar-refractivity contribution in [2.24, 2.45) is 0 Å². The molecule has 1 heterocycles. The van der Waals surface area contributed by atoms with Gasteiger partial charge in [-0.3, -0.25) is 4.79 Å². The number of carbonyl (C=O) groups is 1. The maximum Gasteiger partial charge on any atom is 0.153 e. The number of carbonyl (C=O) groups excluding carboxylic acids is 1. The standard InChI is InChI=1S/C14H12N2O/c1-3-8-16(2)14-12(10-17)9-11-6-4-5-7-13(11)15-14/h1,4-7,9-10H,8H2,2H3. The van der Waals surface area contributed by atoms with E-state index in [9.17, 15) is 4.79 Å². The molecular formula is C14H12N2O. The van der Waals surface area contributed by atoms with Crippen LogP contribution in [0, 0.1) is 12.3 Å². The molecule has 84 valence electrons. The molecule has 0 spiro atoms. The Balaban J connectivity index is 2.61. The first kappa shape index (κ1) is 11.2. The van der Waals surface area contributed by atoms with Crippen molar-refractivity contribution in [2.75, 3.05) is 18.5 Å². The lowest BCUT2D eigenvalue weighted by Gasteiger charge is -2.17. The summed E-state index contributed by atoms with van der Waals surface area (Å²) in [7, 11) is 1.82. The fraction of sp³-hybridized carbons (Fsp3) is 0.143. The largest absolute Gasteiger partial charge is 0.348 e. The topological polar surface area (TPSA) is 33.2 Å². The number of pyridine rings is 1. The zero-order valence-electron chi connectivity index (χ0n) is 9.55. The Morgan fingerprint density at radius 2 is 2.24 bits per heavy atom. The molecule has 2 rings (SSSR count). The van der Waals surface area contributed by atoms with Crippen LogP contribution in [0.3, 0.4) is 0 Å². The number of benzene rings is 1. The second-order valence-electron chi connectivity index (χ2n) is 3.77. The zero-order valence-corrected chi connectivity index (χ0v) is 9.55. The molecule has 0 aliphatic heterocycles. The van der Waals surface area contributed by atoms with Crippen LogP contribution in [0.25, 0.3) is 10.9 Å². The molecule has 1 aromatic heterocycles. The van der Waals surface area contributed by atoms with Crippen molar-refractivity contribution in [3.8, 4) is 12.3 Å². The summed E-state index contributed by atoms with van der Waals surface area (Å²) < 4.78 is 0. The Bertz CT molecular complexity index is 599. The summed E-state index contributed by atoms with van der Waals surface area (Å²) in [5.41, 5.74) is 1.42.